The number of carbonyl (C=O) groups is 1. The van der Waals surface area contributed by atoms with Crippen molar-refractivity contribution in [1.82, 2.24) is 15.1 Å². The van der Waals surface area contributed by atoms with E-state index in [-0.39, 0.29) is 19.1 Å². The van der Waals surface area contributed by atoms with Crippen molar-refractivity contribution in [3.05, 3.63) is 10.6 Å². The van der Waals surface area contributed by atoms with E-state index in [0.717, 1.165) is 15.9 Å². The Hall–Kier alpha value is -1.60. The second kappa shape index (κ2) is 4.34. The minimum absolute atomic E-state index is 0.0862. The van der Waals surface area contributed by atoms with Crippen LogP contribution in [0.3, 0.4) is 0 Å². The van der Waals surface area contributed by atoms with Crippen molar-refractivity contribution in [3.8, 4) is 0 Å². The van der Waals surface area contributed by atoms with Gasteiger partial charge in [-0.1, -0.05) is 0 Å². The van der Waals surface area contributed by atoms with Gasteiger partial charge in [-0.05, 0) is 6.92 Å². The van der Waals surface area contributed by atoms with Crippen molar-refractivity contribution in [1.29, 1.82) is 0 Å². The number of amides is 1. The molecule has 0 aliphatic heterocycles. The number of aliphatic hydroxyl groups excluding tert-OH is 1. The lowest BCUT2D eigenvalue weighted by Crippen LogP contribution is -2.26. The van der Waals surface area contributed by atoms with E-state index in [0.29, 0.717) is 10.6 Å². The van der Waals surface area contributed by atoms with Crippen LogP contribution in [-0.2, 0) is 7.05 Å². The summed E-state index contributed by atoms with van der Waals surface area (Å²) in [5.41, 5.74) is 7.24. The minimum Gasteiger partial charge on any atom is -0.397 e. The van der Waals surface area contributed by atoms with Crippen molar-refractivity contribution in [2.24, 2.45) is 7.05 Å². The molecule has 6 nitrogen and oxygen atoms in total. The maximum atomic E-state index is 11.8. The molecule has 0 radical (unpaired) electrons. The van der Waals surface area contributed by atoms with Crippen LogP contribution in [0.5, 0.6) is 0 Å². The molecular formula is C10H14N4O2S. The number of carbonyl (C=O) groups excluding carboxylic acids is 1. The maximum Gasteiger partial charge on any atom is 0.263 e. The fourth-order valence-corrected chi connectivity index (χ4v) is 2.85. The molecule has 4 N–H and O–H groups in total. The predicted octanol–water partition coefficient (Wildman–Crippen LogP) is 0.248. The highest BCUT2D eigenvalue weighted by molar-refractivity contribution is 7.21. The molecule has 1 amide bonds. The quantitative estimate of drug-likeness (QED) is 0.732. The summed E-state index contributed by atoms with van der Waals surface area (Å²) in [6, 6.07) is 0. The van der Waals surface area contributed by atoms with Gasteiger partial charge in [-0.3, -0.25) is 9.48 Å². The first-order valence-electron chi connectivity index (χ1n) is 5.17. The number of thiophene rings is 1. The highest BCUT2D eigenvalue weighted by Crippen LogP contribution is 2.35. The average Bonchev–Trinajstić information content (AvgIpc) is 2.76. The number of fused-ring (bicyclic) bond motifs is 1. The van der Waals surface area contributed by atoms with Crippen LogP contribution in [0.25, 0.3) is 10.2 Å². The number of anilines is 1. The molecule has 0 aromatic carbocycles. The topological polar surface area (TPSA) is 93.2 Å². The molecule has 0 aliphatic rings. The third-order valence-corrected chi connectivity index (χ3v) is 3.76. The predicted molar refractivity (Wildman–Crippen MR) is 67.2 cm³/mol. The second-order valence-electron chi connectivity index (χ2n) is 3.71. The zero-order valence-electron chi connectivity index (χ0n) is 9.65. The Kier molecular flexibility index (Phi) is 3.03. The summed E-state index contributed by atoms with van der Waals surface area (Å²) in [7, 11) is 1.82. The molecule has 0 bridgehead atoms. The van der Waals surface area contributed by atoms with Gasteiger partial charge in [0.1, 0.15) is 9.71 Å². The van der Waals surface area contributed by atoms with Crippen LogP contribution in [0.1, 0.15) is 15.4 Å². The van der Waals surface area contributed by atoms with Crippen LogP contribution >= 0.6 is 11.3 Å². The lowest BCUT2D eigenvalue weighted by Gasteiger charge is -2.01. The van der Waals surface area contributed by atoms with Gasteiger partial charge in [-0.25, -0.2) is 0 Å². The molecule has 0 unspecified atom stereocenters. The molecule has 0 saturated carbocycles. The number of nitrogen functional groups attached to an aromatic ring is 1. The van der Waals surface area contributed by atoms with Crippen molar-refractivity contribution in [2.75, 3.05) is 18.9 Å². The minimum atomic E-state index is -0.253. The van der Waals surface area contributed by atoms with E-state index in [4.69, 9.17) is 10.8 Å². The van der Waals surface area contributed by atoms with Crippen molar-refractivity contribution < 1.29 is 9.90 Å². The average molecular weight is 254 g/mol. The van der Waals surface area contributed by atoms with E-state index < -0.39 is 0 Å². The van der Waals surface area contributed by atoms with Gasteiger partial charge >= 0.3 is 0 Å². The molecule has 2 aromatic heterocycles. The van der Waals surface area contributed by atoms with Crippen LogP contribution in [0.4, 0.5) is 5.69 Å². The second-order valence-corrected chi connectivity index (χ2v) is 4.71. The number of aryl methyl sites for hydroxylation is 2. The SMILES string of the molecule is Cc1nn(C)c2sc(C(=O)NCCO)c(N)c12. The lowest BCUT2D eigenvalue weighted by molar-refractivity contribution is 0.0949. The van der Waals surface area contributed by atoms with Crippen LogP contribution < -0.4 is 11.1 Å². The number of nitrogens with zero attached hydrogens (tertiary/aromatic N) is 2. The summed E-state index contributed by atoms with van der Waals surface area (Å²) in [6.07, 6.45) is 0. The third-order valence-electron chi connectivity index (χ3n) is 2.49. The number of hydrogen-bond donors (Lipinski definition) is 3. The molecule has 0 atom stereocenters. The molecule has 2 aromatic rings. The van der Waals surface area contributed by atoms with Crippen molar-refractivity contribution >= 4 is 33.1 Å². The highest BCUT2D eigenvalue weighted by atomic mass is 32.1. The smallest absolute Gasteiger partial charge is 0.263 e. The third kappa shape index (κ3) is 1.87. The van der Waals surface area contributed by atoms with Crippen molar-refractivity contribution in [2.45, 2.75) is 6.92 Å². The van der Waals surface area contributed by atoms with Crippen LogP contribution in [0.15, 0.2) is 0 Å². The first kappa shape index (κ1) is 11.9. The van der Waals surface area contributed by atoms with E-state index >= 15 is 0 Å². The zero-order valence-corrected chi connectivity index (χ0v) is 10.5. The lowest BCUT2D eigenvalue weighted by atomic mass is 10.2. The molecule has 2 rings (SSSR count). The maximum absolute atomic E-state index is 11.8. The number of rotatable bonds is 3. The first-order valence-corrected chi connectivity index (χ1v) is 5.98. The molecule has 17 heavy (non-hydrogen) atoms. The molecule has 0 spiro atoms. The van der Waals surface area contributed by atoms with Gasteiger partial charge in [0.15, 0.2) is 0 Å². The summed E-state index contributed by atoms with van der Waals surface area (Å²) in [4.78, 5) is 13.2. The number of nitrogens with one attached hydrogen (secondary N) is 1. The van der Waals surface area contributed by atoms with Crippen molar-refractivity contribution in [3.63, 3.8) is 0 Å². The first-order chi connectivity index (χ1) is 8.06. The zero-order chi connectivity index (χ0) is 12.6. The molecule has 0 saturated heterocycles. The van der Waals surface area contributed by atoms with Gasteiger partial charge in [-0.15, -0.1) is 11.3 Å². The van der Waals surface area contributed by atoms with Gasteiger partial charge in [-0.2, -0.15) is 5.10 Å². The Labute approximate surface area is 102 Å². The van der Waals surface area contributed by atoms with E-state index in [9.17, 15) is 4.79 Å². The summed E-state index contributed by atoms with van der Waals surface area (Å²) in [5.74, 6) is -0.253. The van der Waals surface area contributed by atoms with Gasteiger partial charge in [0.05, 0.1) is 23.4 Å². The molecule has 2 heterocycles. The van der Waals surface area contributed by atoms with E-state index in [1.165, 1.54) is 11.3 Å². The molecule has 92 valence electrons. The summed E-state index contributed by atoms with van der Waals surface area (Å²) in [6.45, 7) is 2.00. The van der Waals surface area contributed by atoms with Gasteiger partial charge in [0.2, 0.25) is 0 Å². The molecule has 0 fully saturated rings. The summed E-state index contributed by atoms with van der Waals surface area (Å²) < 4.78 is 1.72. The Morgan fingerprint density at radius 1 is 1.65 bits per heavy atom. The molecule has 7 heteroatoms. The normalized spacial score (nSPS) is 11.0. The fourth-order valence-electron chi connectivity index (χ4n) is 1.75. The van der Waals surface area contributed by atoms with Gasteiger partial charge < -0.3 is 16.2 Å². The van der Waals surface area contributed by atoms with Gasteiger partial charge in [0.25, 0.3) is 5.91 Å². The highest BCUT2D eigenvalue weighted by Gasteiger charge is 2.20. The standard InChI is InChI=1S/C10H14N4O2S/c1-5-6-7(11)8(9(16)12-3-4-15)17-10(6)14(2)13-5/h15H,3-4,11H2,1-2H3,(H,12,16). The Balaban J connectivity index is 2.46. The van der Waals surface area contributed by atoms with E-state index in [1.807, 2.05) is 14.0 Å². The summed E-state index contributed by atoms with van der Waals surface area (Å²) in [5, 5.41) is 16.3. The number of nitrogens with two attached hydrogens (primary N) is 1. The number of aromatic nitrogens is 2. The van der Waals surface area contributed by atoms with Crippen LogP contribution in [0, 0.1) is 6.92 Å². The van der Waals surface area contributed by atoms with Crippen LogP contribution in [-0.4, -0.2) is 33.9 Å². The molecule has 0 aliphatic carbocycles. The molecular weight excluding hydrogens is 240 g/mol. The Morgan fingerprint density at radius 3 is 2.94 bits per heavy atom. The monoisotopic (exact) mass is 254 g/mol. The number of aliphatic hydroxyl groups is 1. The fraction of sp³-hybridized carbons (Fsp3) is 0.400. The Bertz CT molecular complexity index is 572. The Morgan fingerprint density at radius 2 is 2.35 bits per heavy atom. The summed E-state index contributed by atoms with van der Waals surface area (Å²) >= 11 is 1.31. The van der Waals surface area contributed by atoms with Gasteiger partial charge in [0, 0.05) is 13.6 Å². The van der Waals surface area contributed by atoms with E-state index in [1.54, 1.807) is 4.68 Å². The number of hydrogen-bond acceptors (Lipinski definition) is 5. The van der Waals surface area contributed by atoms with Crippen LogP contribution in [0.2, 0.25) is 0 Å². The van der Waals surface area contributed by atoms with E-state index in [2.05, 4.69) is 10.4 Å². The largest absolute Gasteiger partial charge is 0.397 e.